The van der Waals surface area contributed by atoms with Gasteiger partial charge in [0, 0.05) is 50.5 Å². The number of hydrogen-bond acceptors (Lipinski definition) is 6. The predicted octanol–water partition coefficient (Wildman–Crippen LogP) is 0.160. The molecule has 2 aromatic rings. The zero-order valence-electron chi connectivity index (χ0n) is 12.8. The highest BCUT2D eigenvalue weighted by atomic mass is 32.2. The van der Waals surface area contributed by atoms with Crippen LogP contribution in [0.1, 0.15) is 10.4 Å². The molecule has 9 heteroatoms. The van der Waals surface area contributed by atoms with Crippen LogP contribution in [-0.4, -0.2) is 60.0 Å². The summed E-state index contributed by atoms with van der Waals surface area (Å²) in [5.41, 5.74) is 1.06. The van der Waals surface area contributed by atoms with E-state index in [9.17, 15) is 13.2 Å². The molecule has 0 atom stereocenters. The Morgan fingerprint density at radius 3 is 2.52 bits per heavy atom. The molecule has 0 fully saturated rings. The molecule has 122 valence electrons. The van der Waals surface area contributed by atoms with Crippen LogP contribution in [0.25, 0.3) is 11.4 Å². The summed E-state index contributed by atoms with van der Waals surface area (Å²) in [5.74, 6) is 0.121. The van der Waals surface area contributed by atoms with Crippen LogP contribution in [0.4, 0.5) is 0 Å². The Balaban J connectivity index is 1.93. The Bertz CT molecular complexity index is 763. The lowest BCUT2D eigenvalue weighted by Crippen LogP contribution is -2.35. The van der Waals surface area contributed by atoms with E-state index in [0.29, 0.717) is 11.4 Å². The zero-order chi connectivity index (χ0) is 16.9. The van der Waals surface area contributed by atoms with Gasteiger partial charge in [-0.3, -0.25) is 9.78 Å². The molecule has 2 heterocycles. The van der Waals surface area contributed by atoms with Crippen molar-refractivity contribution < 1.29 is 13.2 Å². The van der Waals surface area contributed by atoms with Gasteiger partial charge >= 0.3 is 0 Å². The van der Waals surface area contributed by atoms with Crippen LogP contribution in [0, 0.1) is 0 Å². The Kier molecular flexibility index (Phi) is 5.35. The topological polar surface area (TPSA) is 105 Å². The number of amides is 1. The van der Waals surface area contributed by atoms with Crippen molar-refractivity contribution in [3.05, 3.63) is 42.5 Å². The number of hydrogen-bond donors (Lipinski definition) is 1. The molecule has 0 aliphatic heterocycles. The first kappa shape index (κ1) is 17.0. The fraction of sp³-hybridized carbons (Fsp3) is 0.286. The standard InChI is InChI=1S/C14H17N5O3S/c1-19(23(2,21)22)7-6-16-14(20)12-9-17-13(18-10-12)11-4-3-5-15-8-11/h3-5,8-10H,6-7H2,1-2H3,(H,16,20). The molecule has 2 rings (SSSR count). The van der Waals surface area contributed by atoms with Crippen LogP contribution < -0.4 is 5.32 Å². The smallest absolute Gasteiger partial charge is 0.254 e. The summed E-state index contributed by atoms with van der Waals surface area (Å²) in [7, 11) is -1.80. The first-order valence-electron chi connectivity index (χ1n) is 6.80. The maximum Gasteiger partial charge on any atom is 0.254 e. The lowest BCUT2D eigenvalue weighted by molar-refractivity contribution is 0.0951. The predicted molar refractivity (Wildman–Crippen MR) is 85.1 cm³/mol. The number of rotatable bonds is 6. The summed E-state index contributed by atoms with van der Waals surface area (Å²) in [4.78, 5) is 24.2. The molecule has 0 spiro atoms. The maximum atomic E-state index is 12.0. The molecule has 0 radical (unpaired) electrons. The lowest BCUT2D eigenvalue weighted by Gasteiger charge is -2.14. The Hall–Kier alpha value is -2.39. The highest BCUT2D eigenvalue weighted by Crippen LogP contribution is 2.11. The first-order chi connectivity index (χ1) is 10.9. The normalized spacial score (nSPS) is 11.4. The van der Waals surface area contributed by atoms with Gasteiger partial charge in [-0.1, -0.05) is 0 Å². The number of carbonyl (C=O) groups excluding carboxylic acids is 1. The SMILES string of the molecule is CN(CCNC(=O)c1cnc(-c2cccnc2)nc1)S(C)(=O)=O. The minimum Gasteiger partial charge on any atom is -0.351 e. The van der Waals surface area contributed by atoms with Crippen LogP contribution in [0.2, 0.25) is 0 Å². The molecule has 0 saturated heterocycles. The molecule has 8 nitrogen and oxygen atoms in total. The number of aromatic nitrogens is 3. The highest BCUT2D eigenvalue weighted by Gasteiger charge is 2.12. The molecule has 0 aromatic carbocycles. The average molecular weight is 335 g/mol. The minimum absolute atomic E-state index is 0.194. The van der Waals surface area contributed by atoms with E-state index in [1.807, 2.05) is 6.07 Å². The summed E-state index contributed by atoms with van der Waals surface area (Å²) >= 11 is 0. The fourth-order valence-electron chi connectivity index (χ4n) is 1.68. The van der Waals surface area contributed by atoms with Gasteiger partial charge in [0.2, 0.25) is 10.0 Å². The van der Waals surface area contributed by atoms with Gasteiger partial charge < -0.3 is 5.32 Å². The zero-order valence-corrected chi connectivity index (χ0v) is 13.6. The third-order valence-electron chi connectivity index (χ3n) is 3.11. The Morgan fingerprint density at radius 2 is 1.96 bits per heavy atom. The van der Waals surface area contributed by atoms with Crippen molar-refractivity contribution in [1.82, 2.24) is 24.6 Å². The Morgan fingerprint density at radius 1 is 1.26 bits per heavy atom. The monoisotopic (exact) mass is 335 g/mol. The number of carbonyl (C=O) groups is 1. The maximum absolute atomic E-state index is 12.0. The second-order valence-corrected chi connectivity index (χ2v) is 6.97. The number of pyridine rings is 1. The van der Waals surface area contributed by atoms with Crippen molar-refractivity contribution in [3.8, 4) is 11.4 Å². The second kappa shape index (κ2) is 7.25. The quantitative estimate of drug-likeness (QED) is 0.806. The van der Waals surface area contributed by atoms with Crippen molar-refractivity contribution in [2.75, 3.05) is 26.4 Å². The van der Waals surface area contributed by atoms with Gasteiger partial charge in [-0.05, 0) is 12.1 Å². The molecule has 0 saturated carbocycles. The first-order valence-corrected chi connectivity index (χ1v) is 8.64. The van der Waals surface area contributed by atoms with Crippen LogP contribution in [0.3, 0.4) is 0 Å². The lowest BCUT2D eigenvalue weighted by atomic mass is 10.2. The van der Waals surface area contributed by atoms with Crippen LogP contribution in [-0.2, 0) is 10.0 Å². The molecule has 0 aliphatic rings. The van der Waals surface area contributed by atoms with Gasteiger partial charge in [0.1, 0.15) is 0 Å². The molecule has 0 aliphatic carbocycles. The van der Waals surface area contributed by atoms with Crippen molar-refractivity contribution in [1.29, 1.82) is 0 Å². The van der Waals surface area contributed by atoms with E-state index in [0.717, 1.165) is 16.1 Å². The molecular weight excluding hydrogens is 318 g/mol. The third-order valence-corrected chi connectivity index (χ3v) is 4.43. The third kappa shape index (κ3) is 4.80. The summed E-state index contributed by atoms with van der Waals surface area (Å²) in [6.45, 7) is 0.395. The van der Waals surface area contributed by atoms with E-state index < -0.39 is 10.0 Å². The van der Waals surface area contributed by atoms with Gasteiger partial charge in [-0.15, -0.1) is 0 Å². The fourth-order valence-corrected chi connectivity index (χ4v) is 2.11. The molecule has 0 unspecified atom stereocenters. The van der Waals surface area contributed by atoms with E-state index in [-0.39, 0.29) is 19.0 Å². The number of sulfonamides is 1. The van der Waals surface area contributed by atoms with Gasteiger partial charge in [0.15, 0.2) is 5.82 Å². The van der Waals surface area contributed by atoms with Gasteiger partial charge in [0.05, 0.1) is 11.8 Å². The van der Waals surface area contributed by atoms with Crippen LogP contribution >= 0.6 is 0 Å². The molecule has 2 aromatic heterocycles. The van der Waals surface area contributed by atoms with E-state index in [4.69, 9.17) is 0 Å². The number of likely N-dealkylation sites (N-methyl/N-ethyl adjacent to an activating group) is 1. The van der Waals surface area contributed by atoms with E-state index >= 15 is 0 Å². The molecule has 1 amide bonds. The van der Waals surface area contributed by atoms with Crippen molar-refractivity contribution in [2.24, 2.45) is 0 Å². The summed E-state index contributed by atoms with van der Waals surface area (Å²) in [5, 5.41) is 2.62. The summed E-state index contributed by atoms with van der Waals surface area (Å²) in [6, 6.07) is 3.60. The van der Waals surface area contributed by atoms with Gasteiger partial charge in [0.25, 0.3) is 5.91 Å². The number of nitrogens with zero attached hydrogens (tertiary/aromatic N) is 4. The van der Waals surface area contributed by atoms with Crippen molar-refractivity contribution in [3.63, 3.8) is 0 Å². The van der Waals surface area contributed by atoms with Crippen LogP contribution in [0.15, 0.2) is 36.9 Å². The summed E-state index contributed by atoms with van der Waals surface area (Å²) < 4.78 is 23.6. The van der Waals surface area contributed by atoms with Crippen molar-refractivity contribution in [2.45, 2.75) is 0 Å². The van der Waals surface area contributed by atoms with Gasteiger partial charge in [-0.25, -0.2) is 22.7 Å². The van der Waals surface area contributed by atoms with Gasteiger partial charge in [-0.2, -0.15) is 0 Å². The molecule has 0 bridgehead atoms. The van der Waals surface area contributed by atoms with E-state index in [2.05, 4.69) is 20.3 Å². The Labute approximate surface area is 134 Å². The van der Waals surface area contributed by atoms with Crippen molar-refractivity contribution >= 4 is 15.9 Å². The van der Waals surface area contributed by atoms with Crippen LogP contribution in [0.5, 0.6) is 0 Å². The van der Waals surface area contributed by atoms with E-state index in [1.54, 1.807) is 18.5 Å². The molecule has 23 heavy (non-hydrogen) atoms. The molecular formula is C14H17N5O3S. The minimum atomic E-state index is -3.25. The highest BCUT2D eigenvalue weighted by molar-refractivity contribution is 7.88. The second-order valence-electron chi connectivity index (χ2n) is 4.88. The number of nitrogens with one attached hydrogen (secondary N) is 1. The largest absolute Gasteiger partial charge is 0.351 e. The molecule has 1 N–H and O–H groups in total. The summed E-state index contributed by atoms with van der Waals surface area (Å²) in [6.07, 6.45) is 7.24. The average Bonchev–Trinajstić information content (AvgIpc) is 2.54. The van der Waals surface area contributed by atoms with E-state index in [1.165, 1.54) is 19.4 Å².